The Morgan fingerprint density at radius 3 is 2.48 bits per heavy atom. The van der Waals surface area contributed by atoms with Crippen molar-refractivity contribution in [2.24, 2.45) is 0 Å². The molecule has 29 heavy (non-hydrogen) atoms. The van der Waals surface area contributed by atoms with Crippen molar-refractivity contribution in [2.45, 2.75) is 26.7 Å². The van der Waals surface area contributed by atoms with Crippen LogP contribution in [0.4, 0.5) is 15.9 Å². The molecule has 3 N–H and O–H groups in total. The Hall–Kier alpha value is -3.91. The van der Waals surface area contributed by atoms with Crippen molar-refractivity contribution in [3.05, 3.63) is 64.4 Å². The molecule has 0 amide bonds. The number of benzene rings is 1. The molecule has 0 unspecified atom stereocenters. The van der Waals surface area contributed by atoms with Crippen molar-refractivity contribution in [1.29, 1.82) is 10.5 Å². The van der Waals surface area contributed by atoms with Gasteiger partial charge >= 0.3 is 0 Å². The molecular formula is C21H20FN7. The van der Waals surface area contributed by atoms with Crippen LogP contribution in [0.2, 0.25) is 0 Å². The minimum absolute atomic E-state index is 0.231. The fourth-order valence-electron chi connectivity index (χ4n) is 3.14. The van der Waals surface area contributed by atoms with Crippen LogP contribution in [0.5, 0.6) is 0 Å². The molecule has 0 atom stereocenters. The maximum atomic E-state index is 13.2. The Morgan fingerprint density at radius 2 is 1.83 bits per heavy atom. The average molecular weight is 389 g/mol. The van der Waals surface area contributed by atoms with Crippen LogP contribution in [0.1, 0.15) is 34.6 Å². The van der Waals surface area contributed by atoms with E-state index in [0.717, 1.165) is 11.4 Å². The molecule has 0 aliphatic rings. The predicted molar refractivity (Wildman–Crippen MR) is 108 cm³/mol. The Kier molecular flexibility index (Phi) is 5.75. The van der Waals surface area contributed by atoms with Gasteiger partial charge in [-0.2, -0.15) is 15.6 Å². The van der Waals surface area contributed by atoms with Gasteiger partial charge in [-0.05, 0) is 57.0 Å². The number of aromatic nitrogens is 3. The number of hydrogen-bond acceptors (Lipinski definition) is 6. The van der Waals surface area contributed by atoms with Crippen LogP contribution >= 0.6 is 0 Å². The smallest absolute Gasteiger partial charge is 0.145 e. The number of rotatable bonds is 6. The SMILES string of the molecule is Cc1cc(NCCCc2nn(-c3ccc(F)cc3)c(N)c2C#N)c(C#N)c(C)n1. The van der Waals surface area contributed by atoms with Crippen LogP contribution in [0.15, 0.2) is 30.3 Å². The van der Waals surface area contributed by atoms with Crippen LogP contribution in [0, 0.1) is 42.3 Å². The lowest BCUT2D eigenvalue weighted by Crippen LogP contribution is -2.07. The van der Waals surface area contributed by atoms with Gasteiger partial charge in [-0.3, -0.25) is 4.98 Å². The zero-order valence-electron chi connectivity index (χ0n) is 16.2. The van der Waals surface area contributed by atoms with Gasteiger partial charge in [-0.25, -0.2) is 9.07 Å². The van der Waals surface area contributed by atoms with Crippen LogP contribution in [0.3, 0.4) is 0 Å². The number of nitrogen functional groups attached to an aromatic ring is 1. The second kappa shape index (κ2) is 8.41. The number of nitrogens with zero attached hydrogens (tertiary/aromatic N) is 5. The Labute approximate surface area is 168 Å². The summed E-state index contributed by atoms with van der Waals surface area (Å²) in [6, 6.07) is 11.9. The number of aryl methyl sites for hydroxylation is 3. The summed E-state index contributed by atoms with van der Waals surface area (Å²) in [6.07, 6.45) is 1.21. The molecule has 0 aliphatic heterocycles. The molecule has 0 bridgehead atoms. The first-order valence-corrected chi connectivity index (χ1v) is 9.10. The topological polar surface area (TPSA) is 116 Å². The van der Waals surface area contributed by atoms with Crippen molar-refractivity contribution in [3.8, 4) is 17.8 Å². The van der Waals surface area contributed by atoms with Gasteiger partial charge in [0.1, 0.15) is 29.3 Å². The van der Waals surface area contributed by atoms with Gasteiger partial charge in [0.25, 0.3) is 0 Å². The first-order valence-electron chi connectivity index (χ1n) is 9.10. The number of halogens is 1. The summed E-state index contributed by atoms with van der Waals surface area (Å²) in [4.78, 5) is 4.30. The summed E-state index contributed by atoms with van der Waals surface area (Å²) in [5.41, 5.74) is 10.4. The monoisotopic (exact) mass is 389 g/mol. The summed E-state index contributed by atoms with van der Waals surface area (Å²) in [5, 5.41) is 26.5. The van der Waals surface area contributed by atoms with Crippen LogP contribution < -0.4 is 11.1 Å². The van der Waals surface area contributed by atoms with Crippen LogP contribution in [0.25, 0.3) is 5.69 Å². The van der Waals surface area contributed by atoms with Crippen molar-refractivity contribution in [3.63, 3.8) is 0 Å². The largest absolute Gasteiger partial charge is 0.384 e. The highest BCUT2D eigenvalue weighted by molar-refractivity contribution is 5.60. The number of nitrogens with two attached hydrogens (primary N) is 1. The highest BCUT2D eigenvalue weighted by atomic mass is 19.1. The third-order valence-corrected chi connectivity index (χ3v) is 4.52. The standard InChI is InChI=1S/C21H20FN7/c1-13-10-20(17(11-23)14(2)27-13)26-9-3-4-19-18(12-24)21(25)29(28-19)16-7-5-15(22)6-8-16/h5-8,10H,3-4,9,25H2,1-2H3,(H,26,27). The highest BCUT2D eigenvalue weighted by Crippen LogP contribution is 2.22. The van der Waals surface area contributed by atoms with Crippen LogP contribution in [-0.2, 0) is 6.42 Å². The molecule has 3 aromatic rings. The van der Waals surface area contributed by atoms with Crippen molar-refractivity contribution < 1.29 is 4.39 Å². The van der Waals surface area contributed by atoms with Gasteiger partial charge in [0, 0.05) is 12.2 Å². The van der Waals surface area contributed by atoms with E-state index in [1.807, 2.05) is 13.0 Å². The number of pyridine rings is 1. The maximum absolute atomic E-state index is 13.2. The summed E-state index contributed by atoms with van der Waals surface area (Å²) in [6.45, 7) is 4.27. The molecule has 0 fully saturated rings. The second-order valence-corrected chi connectivity index (χ2v) is 6.62. The van der Waals surface area contributed by atoms with E-state index in [0.29, 0.717) is 47.6 Å². The van der Waals surface area contributed by atoms with E-state index in [-0.39, 0.29) is 11.6 Å². The van der Waals surface area contributed by atoms with E-state index in [4.69, 9.17) is 5.73 Å². The van der Waals surface area contributed by atoms with E-state index < -0.39 is 0 Å². The number of hydrogen-bond donors (Lipinski definition) is 2. The van der Waals surface area contributed by atoms with Gasteiger partial charge in [0.2, 0.25) is 0 Å². The van der Waals surface area contributed by atoms with Crippen molar-refractivity contribution in [2.75, 3.05) is 17.6 Å². The van der Waals surface area contributed by atoms with Gasteiger partial charge in [-0.1, -0.05) is 0 Å². The summed E-state index contributed by atoms with van der Waals surface area (Å²) >= 11 is 0. The number of anilines is 2. The zero-order chi connectivity index (χ0) is 21.0. The molecule has 2 aromatic heterocycles. The van der Waals surface area contributed by atoms with E-state index in [2.05, 4.69) is 27.5 Å². The Bertz CT molecular complexity index is 1120. The molecule has 0 radical (unpaired) electrons. The van der Waals surface area contributed by atoms with E-state index in [9.17, 15) is 14.9 Å². The van der Waals surface area contributed by atoms with Crippen molar-refractivity contribution in [1.82, 2.24) is 14.8 Å². The van der Waals surface area contributed by atoms with Crippen molar-refractivity contribution >= 4 is 11.5 Å². The molecule has 0 saturated heterocycles. The number of nitriles is 2. The van der Waals surface area contributed by atoms with Gasteiger partial charge < -0.3 is 11.1 Å². The zero-order valence-corrected chi connectivity index (χ0v) is 16.2. The molecule has 146 valence electrons. The normalized spacial score (nSPS) is 10.4. The maximum Gasteiger partial charge on any atom is 0.145 e. The molecule has 0 saturated carbocycles. The molecule has 0 spiro atoms. The van der Waals surface area contributed by atoms with Gasteiger partial charge in [0.05, 0.1) is 28.3 Å². The van der Waals surface area contributed by atoms with E-state index in [1.165, 1.54) is 16.8 Å². The first kappa shape index (κ1) is 19.8. The molecular weight excluding hydrogens is 369 g/mol. The van der Waals surface area contributed by atoms with E-state index >= 15 is 0 Å². The third kappa shape index (κ3) is 4.17. The fourth-order valence-corrected chi connectivity index (χ4v) is 3.14. The van der Waals surface area contributed by atoms with Gasteiger partial charge in [-0.15, -0.1) is 0 Å². The number of nitrogens with one attached hydrogen (secondary N) is 1. The molecule has 8 heteroatoms. The first-order chi connectivity index (χ1) is 13.9. The molecule has 1 aromatic carbocycles. The third-order valence-electron chi connectivity index (χ3n) is 4.52. The summed E-state index contributed by atoms with van der Waals surface area (Å²) in [7, 11) is 0. The Balaban J connectivity index is 1.72. The van der Waals surface area contributed by atoms with Gasteiger partial charge in [0.15, 0.2) is 0 Å². The minimum Gasteiger partial charge on any atom is -0.384 e. The second-order valence-electron chi connectivity index (χ2n) is 6.62. The average Bonchev–Trinajstić information content (AvgIpc) is 3.01. The molecule has 0 aliphatic carbocycles. The summed E-state index contributed by atoms with van der Waals surface area (Å²) < 4.78 is 14.6. The lowest BCUT2D eigenvalue weighted by Gasteiger charge is -2.10. The Morgan fingerprint density at radius 1 is 1.14 bits per heavy atom. The minimum atomic E-state index is -0.357. The molecule has 7 nitrogen and oxygen atoms in total. The lowest BCUT2D eigenvalue weighted by molar-refractivity contribution is 0.627. The van der Waals surface area contributed by atoms with Crippen LogP contribution in [-0.4, -0.2) is 21.3 Å². The fraction of sp³-hybridized carbons (Fsp3) is 0.238. The summed E-state index contributed by atoms with van der Waals surface area (Å²) in [5.74, 6) is -0.126. The predicted octanol–water partition coefficient (Wildman–Crippen LogP) is 3.39. The molecule has 3 rings (SSSR count). The highest BCUT2D eigenvalue weighted by Gasteiger charge is 2.16. The lowest BCUT2D eigenvalue weighted by atomic mass is 10.1. The van der Waals surface area contributed by atoms with E-state index in [1.54, 1.807) is 19.1 Å². The molecule has 2 heterocycles. The quantitative estimate of drug-likeness (QED) is 0.624.